The van der Waals surface area contributed by atoms with Gasteiger partial charge in [0.2, 0.25) is 5.91 Å². The van der Waals surface area contributed by atoms with Crippen LogP contribution in [0.4, 0.5) is 9.18 Å². The molecule has 0 radical (unpaired) electrons. The van der Waals surface area contributed by atoms with Gasteiger partial charge in [-0.05, 0) is 18.2 Å². The fourth-order valence-corrected chi connectivity index (χ4v) is 1.76. The zero-order chi connectivity index (χ0) is 12.4. The predicted octanol–water partition coefficient (Wildman–Crippen LogP) is 0.757. The molecule has 1 aromatic rings. The first-order valence-corrected chi connectivity index (χ1v) is 5.04. The number of benzene rings is 1. The molecule has 1 aliphatic rings. The normalized spacial score (nSPS) is 19.5. The molecule has 1 saturated heterocycles. The Morgan fingerprint density at radius 3 is 2.82 bits per heavy atom. The zero-order valence-electron chi connectivity index (χ0n) is 9.12. The van der Waals surface area contributed by atoms with Gasteiger partial charge in [0.1, 0.15) is 11.6 Å². The molecule has 6 heteroatoms. The number of carbonyl (C=O) groups excluding carboxylic acids is 2. The number of nitrogens with one attached hydrogen (secondary N) is 2. The van der Waals surface area contributed by atoms with E-state index < -0.39 is 23.7 Å². The van der Waals surface area contributed by atoms with Gasteiger partial charge in [0.05, 0.1) is 13.0 Å². The van der Waals surface area contributed by atoms with Gasteiger partial charge < -0.3 is 10.1 Å². The Bertz CT molecular complexity index is 476. The summed E-state index contributed by atoms with van der Waals surface area (Å²) in [5.74, 6) is -1.14. The molecule has 1 aromatic carbocycles. The van der Waals surface area contributed by atoms with E-state index in [9.17, 15) is 14.0 Å². The van der Waals surface area contributed by atoms with Crippen molar-refractivity contribution in [3.05, 3.63) is 29.6 Å². The second-order valence-electron chi connectivity index (χ2n) is 3.64. The van der Waals surface area contributed by atoms with Gasteiger partial charge in [0.15, 0.2) is 0 Å². The summed E-state index contributed by atoms with van der Waals surface area (Å²) in [5.41, 5.74) is 0.421. The lowest BCUT2D eigenvalue weighted by Crippen LogP contribution is -2.51. The van der Waals surface area contributed by atoms with Crippen molar-refractivity contribution < 1.29 is 18.7 Å². The maximum absolute atomic E-state index is 13.2. The maximum atomic E-state index is 13.2. The first-order valence-electron chi connectivity index (χ1n) is 5.04. The van der Waals surface area contributed by atoms with Gasteiger partial charge in [-0.15, -0.1) is 0 Å². The highest BCUT2D eigenvalue weighted by Crippen LogP contribution is 2.28. The van der Waals surface area contributed by atoms with Crippen molar-refractivity contribution in [2.24, 2.45) is 0 Å². The van der Waals surface area contributed by atoms with Crippen LogP contribution in [0.5, 0.6) is 5.75 Å². The second-order valence-corrected chi connectivity index (χ2v) is 3.64. The molecule has 0 aromatic heterocycles. The maximum Gasteiger partial charge on any atom is 0.321 e. The van der Waals surface area contributed by atoms with Crippen molar-refractivity contribution in [3.63, 3.8) is 0 Å². The average Bonchev–Trinajstić information content (AvgIpc) is 2.29. The predicted molar refractivity (Wildman–Crippen MR) is 57.2 cm³/mol. The SMILES string of the molecule is COc1ccc(F)cc1C1CNC(=O)NC1=O. The van der Waals surface area contributed by atoms with E-state index >= 15 is 0 Å². The molecule has 2 N–H and O–H groups in total. The van der Waals surface area contributed by atoms with Crippen molar-refractivity contribution in [1.29, 1.82) is 0 Å². The number of urea groups is 1. The van der Waals surface area contributed by atoms with Gasteiger partial charge in [-0.25, -0.2) is 9.18 Å². The quantitative estimate of drug-likeness (QED) is 0.799. The molecular formula is C11H11FN2O3. The van der Waals surface area contributed by atoms with Crippen LogP contribution in [0.25, 0.3) is 0 Å². The Hall–Kier alpha value is -2.11. The van der Waals surface area contributed by atoms with Gasteiger partial charge in [0, 0.05) is 12.1 Å². The lowest BCUT2D eigenvalue weighted by molar-refractivity contribution is -0.122. The van der Waals surface area contributed by atoms with Crippen LogP contribution < -0.4 is 15.4 Å². The molecule has 1 unspecified atom stereocenters. The molecule has 0 saturated carbocycles. The van der Waals surface area contributed by atoms with E-state index in [2.05, 4.69) is 10.6 Å². The van der Waals surface area contributed by atoms with Gasteiger partial charge in [0.25, 0.3) is 0 Å². The van der Waals surface area contributed by atoms with E-state index in [1.165, 1.54) is 25.3 Å². The van der Waals surface area contributed by atoms with E-state index in [1.807, 2.05) is 0 Å². The van der Waals surface area contributed by atoms with Gasteiger partial charge in [-0.3, -0.25) is 10.1 Å². The zero-order valence-corrected chi connectivity index (χ0v) is 9.12. The highest BCUT2D eigenvalue weighted by atomic mass is 19.1. The third kappa shape index (κ3) is 2.20. The molecule has 0 bridgehead atoms. The molecule has 1 fully saturated rings. The molecule has 5 nitrogen and oxygen atoms in total. The van der Waals surface area contributed by atoms with Crippen LogP contribution in [-0.2, 0) is 4.79 Å². The van der Waals surface area contributed by atoms with E-state index in [0.29, 0.717) is 11.3 Å². The number of halogens is 1. The summed E-state index contributed by atoms with van der Waals surface area (Å²) in [6.45, 7) is 0.129. The van der Waals surface area contributed by atoms with Crippen molar-refractivity contribution in [1.82, 2.24) is 10.6 Å². The van der Waals surface area contributed by atoms with Crippen LogP contribution in [0.3, 0.4) is 0 Å². The number of hydrogen-bond acceptors (Lipinski definition) is 3. The third-order valence-corrected chi connectivity index (χ3v) is 2.59. The van der Waals surface area contributed by atoms with Crippen LogP contribution in [0.1, 0.15) is 11.5 Å². The van der Waals surface area contributed by atoms with Crippen LogP contribution in [-0.4, -0.2) is 25.6 Å². The number of ether oxygens (including phenoxy) is 1. The van der Waals surface area contributed by atoms with Gasteiger partial charge in [-0.2, -0.15) is 0 Å². The molecule has 90 valence electrons. The molecule has 0 aliphatic carbocycles. The summed E-state index contributed by atoms with van der Waals surface area (Å²) in [7, 11) is 1.44. The van der Waals surface area contributed by atoms with Crippen molar-refractivity contribution in [2.45, 2.75) is 5.92 Å². The van der Waals surface area contributed by atoms with E-state index in [-0.39, 0.29) is 6.54 Å². The summed E-state index contributed by atoms with van der Waals surface area (Å²) in [5, 5.41) is 4.61. The van der Waals surface area contributed by atoms with E-state index in [4.69, 9.17) is 4.74 Å². The number of imide groups is 1. The topological polar surface area (TPSA) is 67.4 Å². The lowest BCUT2D eigenvalue weighted by Gasteiger charge is -2.23. The molecule has 2 rings (SSSR count). The minimum atomic E-state index is -0.640. The first kappa shape index (κ1) is 11.4. The standard InChI is InChI=1S/C11H11FN2O3/c1-17-9-3-2-6(12)4-7(9)8-5-13-11(16)14-10(8)15/h2-4,8H,5H2,1H3,(H2,13,14,15,16). The number of rotatable bonds is 2. The molecule has 17 heavy (non-hydrogen) atoms. The van der Waals surface area contributed by atoms with E-state index in [1.54, 1.807) is 0 Å². The Morgan fingerprint density at radius 1 is 1.41 bits per heavy atom. The largest absolute Gasteiger partial charge is 0.496 e. The van der Waals surface area contributed by atoms with Gasteiger partial charge >= 0.3 is 6.03 Å². The first-order chi connectivity index (χ1) is 8.11. The summed E-state index contributed by atoms with van der Waals surface area (Å²) >= 11 is 0. The van der Waals surface area contributed by atoms with Crippen LogP contribution in [0.2, 0.25) is 0 Å². The molecule has 1 aliphatic heterocycles. The van der Waals surface area contributed by atoms with Crippen LogP contribution >= 0.6 is 0 Å². The van der Waals surface area contributed by atoms with Crippen LogP contribution in [0, 0.1) is 5.82 Å². The minimum Gasteiger partial charge on any atom is -0.496 e. The number of hydrogen-bond donors (Lipinski definition) is 2. The third-order valence-electron chi connectivity index (χ3n) is 2.59. The fraction of sp³-hybridized carbons (Fsp3) is 0.273. The Morgan fingerprint density at radius 2 is 2.18 bits per heavy atom. The Kier molecular flexibility index (Phi) is 2.95. The second kappa shape index (κ2) is 4.40. The minimum absolute atomic E-state index is 0.129. The summed E-state index contributed by atoms with van der Waals surface area (Å²) < 4.78 is 18.2. The van der Waals surface area contributed by atoms with Crippen molar-refractivity contribution >= 4 is 11.9 Å². The molecule has 3 amide bonds. The lowest BCUT2D eigenvalue weighted by atomic mass is 9.96. The Labute approximate surface area is 97.0 Å². The van der Waals surface area contributed by atoms with Gasteiger partial charge in [-0.1, -0.05) is 0 Å². The summed E-state index contributed by atoms with van der Waals surface area (Å²) in [6.07, 6.45) is 0. The summed E-state index contributed by atoms with van der Waals surface area (Å²) in [4.78, 5) is 22.6. The number of methoxy groups -OCH3 is 1. The molecule has 0 spiro atoms. The number of carbonyl (C=O) groups is 2. The van der Waals surface area contributed by atoms with Crippen LogP contribution in [0.15, 0.2) is 18.2 Å². The van der Waals surface area contributed by atoms with E-state index in [0.717, 1.165) is 0 Å². The highest BCUT2D eigenvalue weighted by molar-refractivity contribution is 6.00. The highest BCUT2D eigenvalue weighted by Gasteiger charge is 2.30. The molecule has 1 heterocycles. The monoisotopic (exact) mass is 238 g/mol. The van der Waals surface area contributed by atoms with Crippen molar-refractivity contribution in [3.8, 4) is 5.75 Å². The Balaban J connectivity index is 2.35. The molecular weight excluding hydrogens is 227 g/mol. The number of amides is 3. The smallest absolute Gasteiger partial charge is 0.321 e. The fourth-order valence-electron chi connectivity index (χ4n) is 1.76. The molecule has 1 atom stereocenters. The summed E-state index contributed by atoms with van der Waals surface area (Å²) in [6, 6.07) is 3.40. The van der Waals surface area contributed by atoms with Crippen molar-refractivity contribution in [2.75, 3.05) is 13.7 Å². The average molecular weight is 238 g/mol.